The van der Waals surface area contributed by atoms with Crippen LogP contribution in [-0.2, 0) is 0 Å². The lowest BCUT2D eigenvalue weighted by Gasteiger charge is -2.30. The standard InChI is InChI=1S/C32H24N2SSi/c1-36(25-12-4-2-5-13-25,26-14-6-3-7-15-26)27-16-10-11-23(21-27)24-19-20-28-30(22-24)34-29-17-8-9-18-31(29)35-32(34)33-28/h2-22H,1H3. The molecule has 0 saturated carbocycles. The van der Waals surface area contributed by atoms with Crippen molar-refractivity contribution >= 4 is 61.2 Å². The molecular weight excluding hydrogens is 473 g/mol. The Kier molecular flexibility index (Phi) is 4.91. The molecule has 0 aliphatic rings. The molecule has 7 rings (SSSR count). The van der Waals surface area contributed by atoms with Crippen LogP contribution in [0.1, 0.15) is 0 Å². The lowest BCUT2D eigenvalue weighted by atomic mass is 10.1. The predicted octanol–water partition coefficient (Wildman–Crippen LogP) is 6.47. The van der Waals surface area contributed by atoms with E-state index in [1.807, 2.05) is 0 Å². The predicted molar refractivity (Wildman–Crippen MR) is 157 cm³/mol. The molecule has 0 aliphatic carbocycles. The Morgan fingerprint density at radius 1 is 0.583 bits per heavy atom. The number of hydrogen-bond acceptors (Lipinski definition) is 2. The molecule has 7 aromatic rings. The number of thiazole rings is 1. The summed E-state index contributed by atoms with van der Waals surface area (Å²) in [6.45, 7) is 2.47. The van der Waals surface area contributed by atoms with Gasteiger partial charge in [-0.05, 0) is 51.0 Å². The summed E-state index contributed by atoms with van der Waals surface area (Å²) in [4.78, 5) is 5.96. The first-order valence-electron chi connectivity index (χ1n) is 12.2. The van der Waals surface area contributed by atoms with Crippen LogP contribution >= 0.6 is 11.3 Å². The van der Waals surface area contributed by atoms with Gasteiger partial charge in [-0.25, -0.2) is 4.98 Å². The molecule has 0 amide bonds. The van der Waals surface area contributed by atoms with Crippen molar-refractivity contribution in [2.24, 2.45) is 0 Å². The first-order valence-corrected chi connectivity index (χ1v) is 15.6. The fourth-order valence-corrected chi connectivity index (χ4v) is 10.0. The Bertz CT molecular complexity index is 1810. The number of hydrogen-bond donors (Lipinski definition) is 0. The first-order chi connectivity index (χ1) is 17.7. The van der Waals surface area contributed by atoms with Gasteiger partial charge in [0.05, 0.1) is 21.3 Å². The molecule has 0 aliphatic heterocycles. The van der Waals surface area contributed by atoms with Crippen LogP contribution in [0.15, 0.2) is 127 Å². The van der Waals surface area contributed by atoms with E-state index < -0.39 is 8.07 Å². The molecular formula is C32H24N2SSi. The molecule has 2 heterocycles. The second-order valence-corrected chi connectivity index (χ2v) is 14.4. The number of aromatic nitrogens is 2. The summed E-state index contributed by atoms with van der Waals surface area (Å²) in [7, 11) is -2.17. The van der Waals surface area contributed by atoms with Crippen molar-refractivity contribution in [3.05, 3.63) is 127 Å². The highest BCUT2D eigenvalue weighted by atomic mass is 32.1. The summed E-state index contributed by atoms with van der Waals surface area (Å²) >= 11 is 1.75. The van der Waals surface area contributed by atoms with Gasteiger partial charge in [0.15, 0.2) is 4.96 Å². The normalized spacial score (nSPS) is 12.0. The fraction of sp³-hybridized carbons (Fsp3) is 0.0312. The third-order valence-electron chi connectivity index (χ3n) is 7.41. The van der Waals surface area contributed by atoms with E-state index in [0.717, 1.165) is 16.0 Å². The van der Waals surface area contributed by atoms with Gasteiger partial charge in [0, 0.05) is 0 Å². The number of benzene rings is 5. The molecule has 36 heavy (non-hydrogen) atoms. The van der Waals surface area contributed by atoms with Gasteiger partial charge in [-0.1, -0.05) is 121 Å². The first kappa shape index (κ1) is 21.3. The Hall–Kier alpha value is -3.99. The van der Waals surface area contributed by atoms with Crippen molar-refractivity contribution in [1.29, 1.82) is 0 Å². The Balaban J connectivity index is 1.41. The molecule has 2 aromatic heterocycles. The topological polar surface area (TPSA) is 17.3 Å². The molecule has 0 unspecified atom stereocenters. The third-order valence-corrected chi connectivity index (χ3v) is 12.9. The molecule has 0 fully saturated rings. The van der Waals surface area contributed by atoms with Gasteiger partial charge in [0.25, 0.3) is 0 Å². The van der Waals surface area contributed by atoms with Gasteiger partial charge in [-0.15, -0.1) is 0 Å². The van der Waals surface area contributed by atoms with Crippen molar-refractivity contribution < 1.29 is 0 Å². The maximum absolute atomic E-state index is 4.91. The Morgan fingerprint density at radius 3 is 1.97 bits per heavy atom. The largest absolute Gasteiger partial charge is 0.283 e. The number of fused-ring (bicyclic) bond motifs is 5. The lowest BCUT2D eigenvalue weighted by Crippen LogP contribution is -2.64. The van der Waals surface area contributed by atoms with E-state index in [0.29, 0.717) is 0 Å². The maximum Gasteiger partial charge on any atom is 0.195 e. The van der Waals surface area contributed by atoms with Crippen LogP contribution in [0.4, 0.5) is 0 Å². The Morgan fingerprint density at radius 2 is 1.22 bits per heavy atom. The van der Waals surface area contributed by atoms with Crippen LogP contribution in [0.2, 0.25) is 6.55 Å². The van der Waals surface area contributed by atoms with Crippen molar-refractivity contribution in [2.75, 3.05) is 0 Å². The summed E-state index contributed by atoms with van der Waals surface area (Å²) in [6, 6.07) is 46.5. The summed E-state index contributed by atoms with van der Waals surface area (Å²) in [6.07, 6.45) is 0. The highest BCUT2D eigenvalue weighted by Crippen LogP contribution is 2.32. The molecule has 0 saturated heterocycles. The second kappa shape index (κ2) is 8.30. The van der Waals surface area contributed by atoms with Gasteiger partial charge in [-0.2, -0.15) is 0 Å². The summed E-state index contributed by atoms with van der Waals surface area (Å²) in [5, 5.41) is 4.26. The smallest absolute Gasteiger partial charge is 0.195 e. The Labute approximate surface area is 215 Å². The quantitative estimate of drug-likeness (QED) is 0.202. The van der Waals surface area contributed by atoms with E-state index in [1.54, 1.807) is 11.3 Å². The van der Waals surface area contributed by atoms with Crippen molar-refractivity contribution in [2.45, 2.75) is 6.55 Å². The van der Waals surface area contributed by atoms with Crippen molar-refractivity contribution in [3.8, 4) is 11.1 Å². The molecule has 0 radical (unpaired) electrons. The lowest BCUT2D eigenvalue weighted by molar-refractivity contribution is 1.35. The molecule has 172 valence electrons. The molecule has 2 nitrogen and oxygen atoms in total. The number of nitrogens with zero attached hydrogens (tertiary/aromatic N) is 2. The van der Waals surface area contributed by atoms with Gasteiger partial charge < -0.3 is 0 Å². The van der Waals surface area contributed by atoms with E-state index in [-0.39, 0.29) is 0 Å². The molecule has 5 aromatic carbocycles. The van der Waals surface area contributed by atoms with Crippen molar-refractivity contribution in [3.63, 3.8) is 0 Å². The van der Waals surface area contributed by atoms with Crippen LogP contribution in [0.3, 0.4) is 0 Å². The fourth-order valence-electron chi connectivity index (χ4n) is 5.41. The van der Waals surface area contributed by atoms with Gasteiger partial charge >= 0.3 is 0 Å². The number of imidazole rings is 1. The van der Waals surface area contributed by atoms with E-state index >= 15 is 0 Å². The minimum absolute atomic E-state index is 1.04. The summed E-state index contributed by atoms with van der Waals surface area (Å²) < 4.78 is 3.57. The summed E-state index contributed by atoms with van der Waals surface area (Å²) in [5.74, 6) is 0. The zero-order valence-corrected chi connectivity index (χ0v) is 21.7. The zero-order chi connectivity index (χ0) is 24.1. The average Bonchev–Trinajstić information content (AvgIpc) is 3.49. The van der Waals surface area contributed by atoms with Gasteiger partial charge in [0.2, 0.25) is 0 Å². The van der Waals surface area contributed by atoms with Crippen LogP contribution < -0.4 is 15.6 Å². The molecule has 0 spiro atoms. The number of rotatable bonds is 4. The van der Waals surface area contributed by atoms with E-state index in [1.165, 1.54) is 36.9 Å². The molecule has 0 atom stereocenters. The van der Waals surface area contributed by atoms with Crippen LogP contribution in [0.25, 0.3) is 37.3 Å². The molecule has 0 bridgehead atoms. The van der Waals surface area contributed by atoms with E-state index in [2.05, 4.69) is 138 Å². The summed E-state index contributed by atoms with van der Waals surface area (Å²) in [5.41, 5.74) is 5.89. The number of para-hydroxylation sites is 1. The highest BCUT2D eigenvalue weighted by molar-refractivity contribution is 7.23. The second-order valence-electron chi connectivity index (χ2n) is 9.44. The third kappa shape index (κ3) is 3.26. The zero-order valence-electron chi connectivity index (χ0n) is 19.9. The molecule has 0 N–H and O–H groups in total. The van der Waals surface area contributed by atoms with E-state index in [4.69, 9.17) is 4.98 Å². The maximum atomic E-state index is 4.91. The highest BCUT2D eigenvalue weighted by Gasteiger charge is 2.34. The minimum atomic E-state index is -2.17. The van der Waals surface area contributed by atoms with Gasteiger partial charge in [-0.3, -0.25) is 4.40 Å². The minimum Gasteiger partial charge on any atom is -0.283 e. The molecule has 4 heteroatoms. The van der Waals surface area contributed by atoms with Crippen LogP contribution in [0, 0.1) is 0 Å². The van der Waals surface area contributed by atoms with Crippen molar-refractivity contribution in [1.82, 2.24) is 9.38 Å². The van der Waals surface area contributed by atoms with E-state index in [9.17, 15) is 0 Å². The SMILES string of the molecule is C[Si](c1ccccc1)(c1ccccc1)c1cccc(-c2ccc3nc4sc5ccccc5n4c3c2)c1. The monoisotopic (exact) mass is 496 g/mol. The average molecular weight is 497 g/mol. The van der Waals surface area contributed by atoms with Crippen LogP contribution in [-0.4, -0.2) is 17.5 Å². The van der Waals surface area contributed by atoms with Gasteiger partial charge in [0.1, 0.15) is 8.07 Å². The van der Waals surface area contributed by atoms with Crippen LogP contribution in [0.5, 0.6) is 0 Å².